The van der Waals surface area contributed by atoms with Crippen molar-refractivity contribution in [1.82, 2.24) is 9.97 Å². The molecule has 136 valence electrons. The fraction of sp³-hybridized carbons (Fsp3) is 0.524. The second kappa shape index (κ2) is 11.1. The van der Waals surface area contributed by atoms with Crippen molar-refractivity contribution in [2.45, 2.75) is 64.2 Å². The van der Waals surface area contributed by atoms with Gasteiger partial charge in [-0.2, -0.15) is 0 Å². The first kappa shape index (κ1) is 19.7. The molecule has 2 rings (SSSR count). The molecule has 0 aliphatic heterocycles. The first-order valence-electron chi connectivity index (χ1n) is 9.41. The Hall–Kier alpha value is -1.61. The molecule has 0 saturated heterocycles. The van der Waals surface area contributed by atoms with Gasteiger partial charge in [-0.25, -0.2) is 9.97 Å². The predicted octanol–water partition coefficient (Wildman–Crippen LogP) is 6.05. The first-order chi connectivity index (χ1) is 12.2. The van der Waals surface area contributed by atoms with Crippen LogP contribution in [0.3, 0.4) is 0 Å². The molecule has 0 aliphatic carbocycles. The number of rotatable bonds is 11. The fourth-order valence-corrected chi connectivity index (χ4v) is 2.69. The van der Waals surface area contributed by atoms with E-state index in [1.54, 1.807) is 0 Å². The lowest BCUT2D eigenvalue weighted by atomic mass is 10.1. The summed E-state index contributed by atoms with van der Waals surface area (Å²) in [5.74, 6) is 1.62. The molecule has 0 N–H and O–H groups in total. The van der Waals surface area contributed by atoms with Crippen LogP contribution in [0.2, 0.25) is 0 Å². The van der Waals surface area contributed by atoms with Gasteiger partial charge in [0.1, 0.15) is 5.75 Å². The van der Waals surface area contributed by atoms with Crippen LogP contribution in [0.5, 0.6) is 5.75 Å². The average molecular weight is 361 g/mol. The van der Waals surface area contributed by atoms with Gasteiger partial charge in [0.05, 0.1) is 6.61 Å². The third-order valence-electron chi connectivity index (χ3n) is 4.28. The van der Waals surface area contributed by atoms with Crippen LogP contribution in [0.15, 0.2) is 36.7 Å². The molecule has 1 atom stereocenters. The largest absolute Gasteiger partial charge is 0.494 e. The van der Waals surface area contributed by atoms with Crippen LogP contribution in [0.25, 0.3) is 11.4 Å². The molecule has 0 spiro atoms. The molecular weight excluding hydrogens is 332 g/mol. The van der Waals surface area contributed by atoms with Gasteiger partial charge in [0.2, 0.25) is 0 Å². The van der Waals surface area contributed by atoms with Crippen molar-refractivity contribution >= 4 is 11.6 Å². The normalized spacial score (nSPS) is 12.1. The molecule has 0 bridgehead atoms. The molecule has 1 unspecified atom stereocenters. The minimum absolute atomic E-state index is 0.188. The van der Waals surface area contributed by atoms with Crippen molar-refractivity contribution in [3.8, 4) is 17.1 Å². The van der Waals surface area contributed by atoms with Crippen molar-refractivity contribution in [3.63, 3.8) is 0 Å². The van der Waals surface area contributed by atoms with E-state index in [4.69, 9.17) is 16.3 Å². The molecule has 1 heterocycles. The Morgan fingerprint density at radius 2 is 1.72 bits per heavy atom. The van der Waals surface area contributed by atoms with Gasteiger partial charge in [0, 0.05) is 23.3 Å². The summed E-state index contributed by atoms with van der Waals surface area (Å²) in [5, 5.41) is 0.188. The maximum Gasteiger partial charge on any atom is 0.159 e. The summed E-state index contributed by atoms with van der Waals surface area (Å²) in [5.41, 5.74) is 2.22. The summed E-state index contributed by atoms with van der Waals surface area (Å²) in [6.45, 7) is 4.96. The molecule has 25 heavy (non-hydrogen) atoms. The van der Waals surface area contributed by atoms with Crippen LogP contribution in [0, 0.1) is 0 Å². The molecule has 4 heteroatoms. The first-order valence-corrected chi connectivity index (χ1v) is 9.84. The molecular formula is C21H29ClN2O. The number of aryl methyl sites for hydroxylation is 1. The van der Waals surface area contributed by atoms with Crippen LogP contribution in [-0.4, -0.2) is 22.0 Å². The van der Waals surface area contributed by atoms with Crippen LogP contribution in [0.1, 0.15) is 57.9 Å². The van der Waals surface area contributed by atoms with Crippen LogP contribution >= 0.6 is 11.6 Å². The smallest absolute Gasteiger partial charge is 0.159 e. The molecule has 0 fully saturated rings. The van der Waals surface area contributed by atoms with Crippen molar-refractivity contribution in [1.29, 1.82) is 0 Å². The Balaban J connectivity index is 1.84. The van der Waals surface area contributed by atoms with Crippen molar-refractivity contribution in [2.75, 3.05) is 6.61 Å². The van der Waals surface area contributed by atoms with E-state index in [0.717, 1.165) is 36.4 Å². The predicted molar refractivity (Wildman–Crippen MR) is 105 cm³/mol. The zero-order valence-electron chi connectivity index (χ0n) is 15.4. The maximum absolute atomic E-state index is 6.10. The lowest BCUT2D eigenvalue weighted by Gasteiger charge is -2.09. The number of hydrogen-bond acceptors (Lipinski definition) is 3. The highest BCUT2D eigenvalue weighted by Gasteiger charge is 2.04. The average Bonchev–Trinajstić information content (AvgIpc) is 2.66. The molecule has 0 amide bonds. The second-order valence-corrected chi connectivity index (χ2v) is 7.01. The van der Waals surface area contributed by atoms with E-state index < -0.39 is 0 Å². The summed E-state index contributed by atoms with van der Waals surface area (Å²) in [6.07, 6.45) is 11.8. The Kier molecular flexibility index (Phi) is 8.75. The molecule has 3 nitrogen and oxygen atoms in total. The van der Waals surface area contributed by atoms with Crippen LogP contribution in [-0.2, 0) is 6.42 Å². The Morgan fingerprint density at radius 1 is 1.00 bits per heavy atom. The van der Waals surface area contributed by atoms with Crippen molar-refractivity contribution < 1.29 is 4.74 Å². The summed E-state index contributed by atoms with van der Waals surface area (Å²) in [6, 6.07) is 7.94. The summed E-state index contributed by atoms with van der Waals surface area (Å²) in [7, 11) is 0. The number of aromatic nitrogens is 2. The van der Waals surface area contributed by atoms with E-state index in [9.17, 15) is 0 Å². The van der Waals surface area contributed by atoms with Gasteiger partial charge >= 0.3 is 0 Å². The lowest BCUT2D eigenvalue weighted by molar-refractivity contribution is 0.307. The zero-order valence-corrected chi connectivity index (χ0v) is 16.1. The molecule has 1 aromatic carbocycles. The van der Waals surface area contributed by atoms with E-state index in [1.807, 2.05) is 36.7 Å². The van der Waals surface area contributed by atoms with Gasteiger partial charge in [-0.3, -0.25) is 0 Å². The summed E-state index contributed by atoms with van der Waals surface area (Å²) < 4.78 is 5.73. The van der Waals surface area contributed by atoms with E-state index in [-0.39, 0.29) is 5.38 Å². The van der Waals surface area contributed by atoms with Crippen molar-refractivity contribution in [2.24, 2.45) is 0 Å². The monoisotopic (exact) mass is 360 g/mol. The van der Waals surface area contributed by atoms with E-state index in [1.165, 1.54) is 31.2 Å². The quantitative estimate of drug-likeness (QED) is 0.361. The highest BCUT2D eigenvalue weighted by Crippen LogP contribution is 2.20. The van der Waals surface area contributed by atoms with E-state index in [2.05, 4.69) is 23.8 Å². The van der Waals surface area contributed by atoms with E-state index >= 15 is 0 Å². The van der Waals surface area contributed by atoms with Gasteiger partial charge in [0.15, 0.2) is 5.82 Å². The third-order valence-corrected chi connectivity index (χ3v) is 4.81. The number of ether oxygens (including phenoxy) is 1. The van der Waals surface area contributed by atoms with E-state index in [0.29, 0.717) is 6.61 Å². The summed E-state index contributed by atoms with van der Waals surface area (Å²) >= 11 is 6.10. The Morgan fingerprint density at radius 3 is 2.36 bits per heavy atom. The zero-order chi connectivity index (χ0) is 17.9. The number of halogens is 1. The third kappa shape index (κ3) is 7.03. The van der Waals surface area contributed by atoms with Gasteiger partial charge < -0.3 is 4.74 Å². The minimum Gasteiger partial charge on any atom is -0.494 e. The van der Waals surface area contributed by atoms with Gasteiger partial charge in [-0.1, -0.05) is 33.1 Å². The summed E-state index contributed by atoms with van der Waals surface area (Å²) in [4.78, 5) is 9.01. The van der Waals surface area contributed by atoms with Crippen LogP contribution < -0.4 is 4.74 Å². The molecule has 0 aliphatic rings. The lowest BCUT2D eigenvalue weighted by Crippen LogP contribution is -2.05. The van der Waals surface area contributed by atoms with Crippen molar-refractivity contribution in [3.05, 3.63) is 42.2 Å². The van der Waals surface area contributed by atoms with Gasteiger partial charge in [-0.05, 0) is 55.5 Å². The molecule has 0 saturated carbocycles. The number of nitrogens with zero attached hydrogens (tertiary/aromatic N) is 2. The standard InChI is InChI=1S/C21H29ClN2O/c1-3-5-6-7-8-17-15-23-21(24-16-17)18-9-11-20(12-10-18)25-14-13-19(22)4-2/h9-12,15-16,19H,3-8,13-14H2,1-2H3. The van der Waals surface area contributed by atoms with Gasteiger partial charge in [-0.15, -0.1) is 11.6 Å². The molecule has 2 aromatic rings. The Labute approximate surface area is 156 Å². The maximum atomic E-state index is 6.10. The number of alkyl halides is 1. The highest BCUT2D eigenvalue weighted by atomic mass is 35.5. The number of benzene rings is 1. The van der Waals surface area contributed by atoms with Crippen LogP contribution in [0.4, 0.5) is 0 Å². The number of hydrogen-bond donors (Lipinski definition) is 0. The van der Waals surface area contributed by atoms with Gasteiger partial charge in [0.25, 0.3) is 0 Å². The fourth-order valence-electron chi connectivity index (χ4n) is 2.60. The minimum atomic E-state index is 0.188. The SMILES string of the molecule is CCCCCCc1cnc(-c2ccc(OCCC(Cl)CC)cc2)nc1. The topological polar surface area (TPSA) is 35.0 Å². The second-order valence-electron chi connectivity index (χ2n) is 6.39. The molecule has 0 radical (unpaired) electrons. The molecule has 1 aromatic heterocycles. The number of unbranched alkanes of at least 4 members (excludes halogenated alkanes) is 3. The highest BCUT2D eigenvalue weighted by molar-refractivity contribution is 6.20. The Bertz CT molecular complexity index is 598.